The Morgan fingerprint density at radius 2 is 2.00 bits per heavy atom. The van der Waals surface area contributed by atoms with Crippen LogP contribution in [0.3, 0.4) is 0 Å². The van der Waals surface area contributed by atoms with Crippen molar-refractivity contribution in [1.29, 1.82) is 0 Å². The van der Waals surface area contributed by atoms with Gasteiger partial charge < -0.3 is 19.7 Å². The molecule has 21 heavy (non-hydrogen) atoms. The largest absolute Gasteiger partial charge is 0.497 e. The Morgan fingerprint density at radius 1 is 1.33 bits per heavy atom. The van der Waals surface area contributed by atoms with Gasteiger partial charge in [-0.3, -0.25) is 4.79 Å². The van der Waals surface area contributed by atoms with Crippen molar-refractivity contribution in [2.45, 2.75) is 33.4 Å². The predicted octanol–water partition coefficient (Wildman–Crippen LogP) is 2.05. The molecule has 0 saturated carbocycles. The van der Waals surface area contributed by atoms with E-state index >= 15 is 0 Å². The predicted molar refractivity (Wildman–Crippen MR) is 83.8 cm³/mol. The summed E-state index contributed by atoms with van der Waals surface area (Å²) in [4.78, 5) is 14.1. The van der Waals surface area contributed by atoms with Crippen LogP contribution >= 0.6 is 0 Å². The molecule has 0 aliphatic rings. The van der Waals surface area contributed by atoms with Crippen molar-refractivity contribution in [3.63, 3.8) is 0 Å². The lowest BCUT2D eigenvalue weighted by Crippen LogP contribution is -2.40. The Bertz CT molecular complexity index is 459. The Labute approximate surface area is 127 Å². The van der Waals surface area contributed by atoms with Crippen molar-refractivity contribution in [3.8, 4) is 11.5 Å². The van der Waals surface area contributed by atoms with Gasteiger partial charge in [-0.1, -0.05) is 6.07 Å². The summed E-state index contributed by atoms with van der Waals surface area (Å²) in [6.07, 6.45) is -0.521. The Balaban J connectivity index is 2.91. The van der Waals surface area contributed by atoms with Crippen molar-refractivity contribution in [1.82, 2.24) is 10.2 Å². The topological polar surface area (TPSA) is 50.8 Å². The van der Waals surface area contributed by atoms with Crippen LogP contribution in [0.15, 0.2) is 18.2 Å². The first-order valence-electron chi connectivity index (χ1n) is 7.34. The number of amides is 1. The minimum absolute atomic E-state index is 0.00164. The third-order valence-corrected chi connectivity index (χ3v) is 3.37. The first kappa shape index (κ1) is 17.3. The maximum atomic E-state index is 12.3. The summed E-state index contributed by atoms with van der Waals surface area (Å²) in [5, 5.41) is 3.09. The smallest absolute Gasteiger partial charge is 0.263 e. The molecule has 0 heterocycles. The molecule has 0 spiro atoms. The molecule has 0 saturated heterocycles. The minimum atomic E-state index is -0.521. The highest BCUT2D eigenvalue weighted by Gasteiger charge is 2.21. The Hall–Kier alpha value is -1.75. The number of benzene rings is 1. The van der Waals surface area contributed by atoms with Crippen molar-refractivity contribution < 1.29 is 14.3 Å². The second-order valence-electron chi connectivity index (χ2n) is 4.77. The molecule has 5 heteroatoms. The molecule has 0 aromatic heterocycles. The van der Waals surface area contributed by atoms with Crippen LogP contribution in [0.1, 0.15) is 26.3 Å². The van der Waals surface area contributed by atoms with Crippen molar-refractivity contribution in [3.05, 3.63) is 23.8 Å². The van der Waals surface area contributed by atoms with Crippen LogP contribution in [0.4, 0.5) is 0 Å². The SMILES string of the molecule is CCN(CC)C(=O)C(C)Oc1cc(OC)ccc1CNC. The molecule has 5 nitrogen and oxygen atoms in total. The Morgan fingerprint density at radius 3 is 2.52 bits per heavy atom. The second kappa shape index (κ2) is 8.52. The molecule has 1 atom stereocenters. The molecule has 0 fully saturated rings. The van der Waals surface area contributed by atoms with E-state index in [-0.39, 0.29) is 5.91 Å². The second-order valence-corrected chi connectivity index (χ2v) is 4.77. The molecule has 118 valence electrons. The van der Waals surface area contributed by atoms with Crippen molar-refractivity contribution in [2.75, 3.05) is 27.2 Å². The first-order chi connectivity index (χ1) is 10.1. The fraction of sp³-hybridized carbons (Fsp3) is 0.562. The van der Waals surface area contributed by atoms with Crippen LogP contribution in [0.25, 0.3) is 0 Å². The summed E-state index contributed by atoms with van der Waals surface area (Å²) >= 11 is 0. The van der Waals surface area contributed by atoms with E-state index in [4.69, 9.17) is 9.47 Å². The highest BCUT2D eigenvalue weighted by Crippen LogP contribution is 2.26. The summed E-state index contributed by atoms with van der Waals surface area (Å²) in [6, 6.07) is 5.65. The molecule has 0 radical (unpaired) electrons. The van der Waals surface area contributed by atoms with Gasteiger partial charge in [0.2, 0.25) is 0 Å². The van der Waals surface area contributed by atoms with Gasteiger partial charge in [-0.2, -0.15) is 0 Å². The third kappa shape index (κ3) is 4.63. The van der Waals surface area contributed by atoms with E-state index in [0.717, 1.165) is 5.56 Å². The molecule has 0 bridgehead atoms. The number of nitrogens with one attached hydrogen (secondary N) is 1. The van der Waals surface area contributed by atoms with Gasteiger partial charge in [0.05, 0.1) is 7.11 Å². The highest BCUT2D eigenvalue weighted by molar-refractivity contribution is 5.80. The first-order valence-corrected chi connectivity index (χ1v) is 7.34. The van der Waals surface area contributed by atoms with Crippen LogP contribution < -0.4 is 14.8 Å². The zero-order valence-corrected chi connectivity index (χ0v) is 13.6. The lowest BCUT2D eigenvalue weighted by Gasteiger charge is -2.24. The molecule has 0 aliphatic carbocycles. The maximum absolute atomic E-state index is 12.3. The van der Waals surface area contributed by atoms with Gasteiger partial charge in [0.15, 0.2) is 6.10 Å². The lowest BCUT2D eigenvalue weighted by molar-refractivity contribution is -0.137. The average Bonchev–Trinajstić information content (AvgIpc) is 2.50. The summed E-state index contributed by atoms with van der Waals surface area (Å²) < 4.78 is 11.1. The summed E-state index contributed by atoms with van der Waals surface area (Å²) in [5.74, 6) is 1.39. The molecule has 1 amide bonds. The summed E-state index contributed by atoms with van der Waals surface area (Å²) in [7, 11) is 3.49. The molecular weight excluding hydrogens is 268 g/mol. The van der Waals surface area contributed by atoms with Gasteiger partial charge in [0.1, 0.15) is 11.5 Å². The fourth-order valence-corrected chi connectivity index (χ4v) is 2.14. The third-order valence-electron chi connectivity index (χ3n) is 3.37. The molecule has 1 aromatic rings. The molecule has 1 N–H and O–H groups in total. The zero-order valence-electron chi connectivity index (χ0n) is 13.6. The lowest BCUT2D eigenvalue weighted by atomic mass is 10.2. The number of hydrogen-bond acceptors (Lipinski definition) is 4. The highest BCUT2D eigenvalue weighted by atomic mass is 16.5. The van der Waals surface area contributed by atoms with Crippen LogP contribution in [-0.4, -0.2) is 44.2 Å². The van der Waals surface area contributed by atoms with E-state index in [2.05, 4.69) is 5.32 Å². The van der Waals surface area contributed by atoms with Gasteiger partial charge in [-0.15, -0.1) is 0 Å². The van der Waals surface area contributed by atoms with Crippen LogP contribution in [0.5, 0.6) is 11.5 Å². The molecule has 1 aromatic carbocycles. The number of carbonyl (C=O) groups excluding carboxylic acids is 1. The maximum Gasteiger partial charge on any atom is 0.263 e. The molecular formula is C16H26N2O3. The number of rotatable bonds is 8. The van der Waals surface area contributed by atoms with E-state index in [0.29, 0.717) is 31.1 Å². The van der Waals surface area contributed by atoms with E-state index in [9.17, 15) is 4.79 Å². The van der Waals surface area contributed by atoms with Crippen molar-refractivity contribution in [2.24, 2.45) is 0 Å². The van der Waals surface area contributed by atoms with Gasteiger partial charge >= 0.3 is 0 Å². The van der Waals surface area contributed by atoms with E-state index in [1.54, 1.807) is 18.9 Å². The number of carbonyl (C=O) groups is 1. The van der Waals surface area contributed by atoms with Gasteiger partial charge in [-0.05, 0) is 33.9 Å². The normalized spacial score (nSPS) is 11.9. The van der Waals surface area contributed by atoms with E-state index in [1.807, 2.05) is 39.1 Å². The molecule has 1 unspecified atom stereocenters. The number of ether oxygens (including phenoxy) is 2. The Kier molecular flexibility index (Phi) is 7.02. The standard InChI is InChI=1S/C16H26N2O3/c1-6-18(7-2)16(19)12(3)21-15-10-14(20-5)9-8-13(15)11-17-4/h8-10,12,17H,6-7,11H2,1-5H3. The number of likely N-dealkylation sites (N-methyl/N-ethyl adjacent to an activating group) is 1. The fourth-order valence-electron chi connectivity index (χ4n) is 2.14. The van der Waals surface area contributed by atoms with Crippen LogP contribution in [0.2, 0.25) is 0 Å². The van der Waals surface area contributed by atoms with E-state index in [1.165, 1.54) is 0 Å². The van der Waals surface area contributed by atoms with Gasteiger partial charge in [-0.25, -0.2) is 0 Å². The van der Waals surface area contributed by atoms with Gasteiger partial charge in [0, 0.05) is 31.3 Å². The van der Waals surface area contributed by atoms with Crippen LogP contribution in [0, 0.1) is 0 Å². The molecule has 1 rings (SSSR count). The number of hydrogen-bond donors (Lipinski definition) is 1. The number of nitrogens with zero attached hydrogens (tertiary/aromatic N) is 1. The summed E-state index contributed by atoms with van der Waals surface area (Å²) in [6.45, 7) is 7.75. The van der Waals surface area contributed by atoms with E-state index < -0.39 is 6.10 Å². The van der Waals surface area contributed by atoms with Gasteiger partial charge in [0.25, 0.3) is 5.91 Å². The van der Waals surface area contributed by atoms with Crippen molar-refractivity contribution >= 4 is 5.91 Å². The zero-order chi connectivity index (χ0) is 15.8. The summed E-state index contributed by atoms with van der Waals surface area (Å²) in [5.41, 5.74) is 0.998. The average molecular weight is 294 g/mol. The monoisotopic (exact) mass is 294 g/mol. The van der Waals surface area contributed by atoms with Crippen LogP contribution in [-0.2, 0) is 11.3 Å². The minimum Gasteiger partial charge on any atom is -0.497 e. The quantitative estimate of drug-likeness (QED) is 0.797. The number of methoxy groups -OCH3 is 1. The molecule has 0 aliphatic heterocycles.